The Bertz CT molecular complexity index is 546. The van der Waals surface area contributed by atoms with E-state index in [1.165, 1.54) is 0 Å². The first kappa shape index (κ1) is 14.1. The molecule has 1 aliphatic carbocycles. The van der Waals surface area contributed by atoms with Crippen LogP contribution in [-0.2, 0) is 23.1 Å². The number of nitrogens with one attached hydrogen (secondary N) is 1. The van der Waals surface area contributed by atoms with E-state index >= 15 is 0 Å². The van der Waals surface area contributed by atoms with Gasteiger partial charge in [0.15, 0.2) is 0 Å². The van der Waals surface area contributed by atoms with Crippen LogP contribution in [0.5, 0.6) is 0 Å². The Morgan fingerprint density at radius 3 is 2.71 bits per heavy atom. The van der Waals surface area contributed by atoms with Gasteiger partial charge in [-0.15, -0.1) is 0 Å². The highest BCUT2D eigenvalue weighted by molar-refractivity contribution is 5.98. The number of amides is 2. The van der Waals surface area contributed by atoms with Crippen molar-refractivity contribution in [2.45, 2.75) is 44.1 Å². The second kappa shape index (κ2) is 5.50. The number of imidazole rings is 1. The number of rotatable bonds is 3. The number of carbonyl (C=O) groups excluding carboxylic acids is 2. The highest BCUT2D eigenvalue weighted by Gasteiger charge is 2.49. The van der Waals surface area contributed by atoms with Crippen LogP contribution in [0.3, 0.4) is 0 Å². The SMILES string of the molecule is Cn1ccnc1CCN1C(=O)CNC(=O)C12CCCCC2. The number of nitrogens with zero attached hydrogens (tertiary/aromatic N) is 3. The van der Waals surface area contributed by atoms with Crippen LogP contribution in [0, 0.1) is 0 Å². The van der Waals surface area contributed by atoms with Crippen LogP contribution in [0.1, 0.15) is 37.9 Å². The predicted molar refractivity (Wildman–Crippen MR) is 77.5 cm³/mol. The minimum Gasteiger partial charge on any atom is -0.345 e. The van der Waals surface area contributed by atoms with Crippen molar-refractivity contribution < 1.29 is 9.59 Å². The summed E-state index contributed by atoms with van der Waals surface area (Å²) in [5.41, 5.74) is -0.612. The summed E-state index contributed by atoms with van der Waals surface area (Å²) in [6.07, 6.45) is 9.09. The first-order valence-electron chi connectivity index (χ1n) is 7.68. The molecule has 21 heavy (non-hydrogen) atoms. The zero-order valence-corrected chi connectivity index (χ0v) is 12.5. The summed E-state index contributed by atoms with van der Waals surface area (Å²) >= 11 is 0. The predicted octanol–water partition coefficient (Wildman–Crippen LogP) is 0.624. The van der Waals surface area contributed by atoms with Crippen LogP contribution >= 0.6 is 0 Å². The number of aryl methyl sites for hydroxylation is 1. The molecule has 6 nitrogen and oxygen atoms in total. The second-order valence-electron chi connectivity index (χ2n) is 6.02. The van der Waals surface area contributed by atoms with Gasteiger partial charge in [0.1, 0.15) is 11.4 Å². The van der Waals surface area contributed by atoms with Crippen molar-refractivity contribution in [3.05, 3.63) is 18.2 Å². The molecule has 1 spiro atoms. The minimum atomic E-state index is -0.612. The molecule has 2 heterocycles. The molecule has 1 aromatic rings. The fourth-order valence-electron chi connectivity index (χ4n) is 3.60. The van der Waals surface area contributed by atoms with E-state index in [9.17, 15) is 9.59 Å². The van der Waals surface area contributed by atoms with Crippen molar-refractivity contribution in [2.24, 2.45) is 7.05 Å². The van der Waals surface area contributed by atoms with E-state index in [1.54, 1.807) is 6.20 Å². The lowest BCUT2D eigenvalue weighted by Gasteiger charge is -2.47. The maximum Gasteiger partial charge on any atom is 0.246 e. The van der Waals surface area contributed by atoms with Gasteiger partial charge in [0.2, 0.25) is 11.8 Å². The molecule has 0 aromatic carbocycles. The Morgan fingerprint density at radius 1 is 1.29 bits per heavy atom. The number of hydrogen-bond donors (Lipinski definition) is 1. The van der Waals surface area contributed by atoms with Gasteiger partial charge in [-0.05, 0) is 12.8 Å². The molecular weight excluding hydrogens is 268 g/mol. The summed E-state index contributed by atoms with van der Waals surface area (Å²) in [5, 5.41) is 2.78. The summed E-state index contributed by atoms with van der Waals surface area (Å²) < 4.78 is 1.96. The summed E-state index contributed by atoms with van der Waals surface area (Å²) in [5.74, 6) is 1.01. The smallest absolute Gasteiger partial charge is 0.246 e. The molecule has 3 rings (SSSR count). The molecule has 1 saturated carbocycles. The minimum absolute atomic E-state index is 0.0293. The molecule has 1 saturated heterocycles. The molecule has 0 atom stereocenters. The zero-order valence-electron chi connectivity index (χ0n) is 12.5. The van der Waals surface area contributed by atoms with Crippen LogP contribution < -0.4 is 5.32 Å². The lowest BCUT2D eigenvalue weighted by atomic mass is 9.78. The van der Waals surface area contributed by atoms with E-state index in [1.807, 2.05) is 22.7 Å². The molecule has 0 bridgehead atoms. The molecular formula is C15H22N4O2. The van der Waals surface area contributed by atoms with Crippen molar-refractivity contribution in [1.82, 2.24) is 19.8 Å². The molecule has 2 amide bonds. The third-order valence-electron chi connectivity index (χ3n) is 4.80. The standard InChI is InChI=1S/C15H22N4O2/c1-18-10-8-16-12(18)5-9-19-13(20)11-17-14(21)15(19)6-3-2-4-7-15/h8,10H,2-7,9,11H2,1H3,(H,17,21). The summed E-state index contributed by atoms with van der Waals surface area (Å²) in [6.45, 7) is 0.693. The van der Waals surface area contributed by atoms with E-state index < -0.39 is 5.54 Å². The summed E-state index contributed by atoms with van der Waals surface area (Å²) in [7, 11) is 1.95. The third-order valence-corrected chi connectivity index (χ3v) is 4.80. The highest BCUT2D eigenvalue weighted by Crippen LogP contribution is 2.35. The second-order valence-corrected chi connectivity index (χ2v) is 6.02. The average molecular weight is 290 g/mol. The Kier molecular flexibility index (Phi) is 3.69. The maximum atomic E-state index is 12.4. The van der Waals surface area contributed by atoms with E-state index in [-0.39, 0.29) is 18.4 Å². The lowest BCUT2D eigenvalue weighted by Crippen LogP contribution is -2.68. The Balaban J connectivity index is 1.80. The molecule has 1 N–H and O–H groups in total. The molecule has 6 heteroatoms. The van der Waals surface area contributed by atoms with Crippen LogP contribution in [0.4, 0.5) is 0 Å². The van der Waals surface area contributed by atoms with Gasteiger partial charge in [0, 0.05) is 32.4 Å². The van der Waals surface area contributed by atoms with Gasteiger partial charge in [-0.2, -0.15) is 0 Å². The lowest BCUT2D eigenvalue weighted by molar-refractivity contribution is -0.156. The van der Waals surface area contributed by atoms with Gasteiger partial charge >= 0.3 is 0 Å². The number of piperazine rings is 1. The van der Waals surface area contributed by atoms with Crippen molar-refractivity contribution in [3.63, 3.8) is 0 Å². The topological polar surface area (TPSA) is 67.2 Å². The van der Waals surface area contributed by atoms with Crippen LogP contribution in [0.15, 0.2) is 12.4 Å². The number of aromatic nitrogens is 2. The fraction of sp³-hybridized carbons (Fsp3) is 0.667. The van der Waals surface area contributed by atoms with Crippen molar-refractivity contribution in [2.75, 3.05) is 13.1 Å². The van der Waals surface area contributed by atoms with Gasteiger partial charge in [-0.25, -0.2) is 4.98 Å². The van der Waals surface area contributed by atoms with E-state index in [0.29, 0.717) is 13.0 Å². The van der Waals surface area contributed by atoms with Gasteiger partial charge in [-0.1, -0.05) is 19.3 Å². The van der Waals surface area contributed by atoms with Crippen molar-refractivity contribution >= 4 is 11.8 Å². The van der Waals surface area contributed by atoms with Crippen LogP contribution in [0.25, 0.3) is 0 Å². The molecule has 1 aromatic heterocycles. The van der Waals surface area contributed by atoms with E-state index in [2.05, 4.69) is 10.3 Å². The zero-order chi connectivity index (χ0) is 14.9. The third kappa shape index (κ3) is 2.43. The maximum absolute atomic E-state index is 12.4. The van der Waals surface area contributed by atoms with Gasteiger partial charge in [0.05, 0.1) is 6.54 Å². The molecule has 0 radical (unpaired) electrons. The Morgan fingerprint density at radius 2 is 2.05 bits per heavy atom. The number of carbonyl (C=O) groups is 2. The number of hydrogen-bond acceptors (Lipinski definition) is 3. The van der Waals surface area contributed by atoms with E-state index in [4.69, 9.17) is 0 Å². The van der Waals surface area contributed by atoms with E-state index in [0.717, 1.165) is 37.9 Å². The van der Waals surface area contributed by atoms with Crippen LogP contribution in [-0.4, -0.2) is 44.9 Å². The molecule has 2 aliphatic rings. The Labute approximate surface area is 124 Å². The molecule has 0 unspecified atom stereocenters. The molecule has 114 valence electrons. The normalized spacial score (nSPS) is 21.7. The van der Waals surface area contributed by atoms with Gasteiger partial charge in [-0.3, -0.25) is 9.59 Å². The first-order valence-corrected chi connectivity index (χ1v) is 7.68. The van der Waals surface area contributed by atoms with Gasteiger partial charge in [0.25, 0.3) is 0 Å². The largest absolute Gasteiger partial charge is 0.345 e. The fourth-order valence-corrected chi connectivity index (χ4v) is 3.60. The van der Waals surface area contributed by atoms with Crippen molar-refractivity contribution in [3.8, 4) is 0 Å². The molecule has 2 fully saturated rings. The quantitative estimate of drug-likeness (QED) is 0.887. The summed E-state index contributed by atoms with van der Waals surface area (Å²) in [4.78, 5) is 30.9. The summed E-state index contributed by atoms with van der Waals surface area (Å²) in [6, 6.07) is 0. The average Bonchev–Trinajstić information content (AvgIpc) is 2.90. The van der Waals surface area contributed by atoms with Crippen molar-refractivity contribution in [1.29, 1.82) is 0 Å². The van der Waals surface area contributed by atoms with Gasteiger partial charge < -0.3 is 14.8 Å². The molecule has 1 aliphatic heterocycles. The Hall–Kier alpha value is -1.85. The van der Waals surface area contributed by atoms with Crippen LogP contribution in [0.2, 0.25) is 0 Å². The highest BCUT2D eigenvalue weighted by atomic mass is 16.2. The first-order chi connectivity index (χ1) is 10.1. The monoisotopic (exact) mass is 290 g/mol.